The summed E-state index contributed by atoms with van der Waals surface area (Å²) in [5.41, 5.74) is 0.936. The van der Waals surface area contributed by atoms with E-state index in [1.165, 1.54) is 0 Å². The average Bonchev–Trinajstić information content (AvgIpc) is 2.50. The first kappa shape index (κ1) is 14.7. The summed E-state index contributed by atoms with van der Waals surface area (Å²) in [6.07, 6.45) is -0.439. The van der Waals surface area contributed by atoms with Crippen molar-refractivity contribution in [3.8, 4) is 5.75 Å². The molecule has 0 fully saturated rings. The van der Waals surface area contributed by atoms with Crippen molar-refractivity contribution >= 4 is 17.3 Å². The summed E-state index contributed by atoms with van der Waals surface area (Å²) in [7, 11) is 1.57. The molecule has 0 N–H and O–H groups in total. The lowest BCUT2D eigenvalue weighted by Crippen LogP contribution is -2.20. The third kappa shape index (κ3) is 4.13. The third-order valence-corrected chi connectivity index (χ3v) is 2.93. The van der Waals surface area contributed by atoms with Gasteiger partial charge in [0.1, 0.15) is 12.5 Å². The standard InChI is InChI=1S/C16H16O3S/c1-17-12-18-15(13-8-4-2-5-9-13)16(20)19-14-10-6-3-7-11-14/h2-11,15H,12H2,1H3. The first-order chi connectivity index (χ1) is 9.81. The second-order valence-electron chi connectivity index (χ2n) is 4.10. The average molecular weight is 288 g/mol. The second-order valence-corrected chi connectivity index (χ2v) is 4.50. The number of benzene rings is 2. The highest BCUT2D eigenvalue weighted by Gasteiger charge is 2.19. The summed E-state index contributed by atoms with van der Waals surface area (Å²) >= 11 is 5.35. The Hall–Kier alpha value is -1.75. The molecule has 3 nitrogen and oxygen atoms in total. The number of ether oxygens (including phenoxy) is 3. The first-order valence-corrected chi connectivity index (χ1v) is 6.64. The van der Waals surface area contributed by atoms with Gasteiger partial charge in [-0.3, -0.25) is 0 Å². The lowest BCUT2D eigenvalue weighted by atomic mass is 10.1. The SMILES string of the molecule is COCOC(C(=S)Oc1ccccc1)c1ccccc1. The molecule has 0 saturated heterocycles. The maximum absolute atomic E-state index is 5.68. The summed E-state index contributed by atoms with van der Waals surface area (Å²) in [6.45, 7) is 0.151. The van der Waals surface area contributed by atoms with Crippen LogP contribution in [0.5, 0.6) is 5.75 Å². The molecule has 1 unspecified atom stereocenters. The highest BCUT2D eigenvalue weighted by Crippen LogP contribution is 2.22. The zero-order chi connectivity index (χ0) is 14.2. The van der Waals surface area contributed by atoms with Crippen molar-refractivity contribution in [1.82, 2.24) is 0 Å². The van der Waals surface area contributed by atoms with Crippen LogP contribution < -0.4 is 4.74 Å². The van der Waals surface area contributed by atoms with E-state index in [9.17, 15) is 0 Å². The topological polar surface area (TPSA) is 27.7 Å². The van der Waals surface area contributed by atoms with Gasteiger partial charge < -0.3 is 14.2 Å². The van der Waals surface area contributed by atoms with Crippen molar-refractivity contribution < 1.29 is 14.2 Å². The Labute approximate surface area is 124 Å². The largest absolute Gasteiger partial charge is 0.447 e. The molecule has 0 aliphatic heterocycles. The fourth-order valence-corrected chi connectivity index (χ4v) is 2.02. The number of hydrogen-bond acceptors (Lipinski definition) is 4. The molecule has 104 valence electrons. The molecule has 0 aromatic heterocycles. The molecule has 4 heteroatoms. The second kappa shape index (κ2) is 7.75. The smallest absolute Gasteiger partial charge is 0.200 e. The van der Waals surface area contributed by atoms with Gasteiger partial charge in [-0.05, 0) is 29.9 Å². The van der Waals surface area contributed by atoms with Crippen LogP contribution in [0.3, 0.4) is 0 Å². The normalized spacial score (nSPS) is 11.8. The van der Waals surface area contributed by atoms with Crippen LogP contribution in [0.4, 0.5) is 0 Å². The van der Waals surface area contributed by atoms with Crippen molar-refractivity contribution in [3.63, 3.8) is 0 Å². The Kier molecular flexibility index (Phi) is 5.68. The van der Waals surface area contributed by atoms with Crippen LogP contribution in [0.2, 0.25) is 0 Å². The molecule has 0 saturated carbocycles. The number of hydrogen-bond donors (Lipinski definition) is 0. The zero-order valence-electron chi connectivity index (χ0n) is 11.2. The van der Waals surface area contributed by atoms with Gasteiger partial charge in [0.15, 0.2) is 6.10 Å². The lowest BCUT2D eigenvalue weighted by Gasteiger charge is -2.19. The molecular weight excluding hydrogens is 272 g/mol. The lowest BCUT2D eigenvalue weighted by molar-refractivity contribution is -0.0529. The van der Waals surface area contributed by atoms with Gasteiger partial charge in [0.2, 0.25) is 5.05 Å². The van der Waals surface area contributed by atoms with E-state index >= 15 is 0 Å². The van der Waals surface area contributed by atoms with Gasteiger partial charge in [-0.25, -0.2) is 0 Å². The van der Waals surface area contributed by atoms with Crippen LogP contribution in [0.15, 0.2) is 60.7 Å². The molecule has 0 aliphatic rings. The summed E-state index contributed by atoms with van der Waals surface area (Å²) in [4.78, 5) is 0. The Morgan fingerprint density at radius 3 is 2.20 bits per heavy atom. The number of thiocarbonyl (C=S) groups is 1. The van der Waals surface area contributed by atoms with E-state index in [4.69, 9.17) is 26.4 Å². The van der Waals surface area contributed by atoms with Gasteiger partial charge in [0.05, 0.1) is 0 Å². The number of methoxy groups -OCH3 is 1. The molecule has 0 radical (unpaired) electrons. The molecule has 2 rings (SSSR count). The van der Waals surface area contributed by atoms with E-state index in [2.05, 4.69) is 0 Å². The zero-order valence-corrected chi connectivity index (χ0v) is 12.0. The third-order valence-electron chi connectivity index (χ3n) is 2.63. The maximum atomic E-state index is 5.68. The summed E-state index contributed by atoms with van der Waals surface area (Å²) < 4.78 is 16.3. The van der Waals surface area contributed by atoms with E-state index < -0.39 is 6.10 Å². The van der Waals surface area contributed by atoms with Gasteiger partial charge in [0.25, 0.3) is 0 Å². The minimum Gasteiger partial charge on any atom is -0.447 e. The minimum absolute atomic E-state index is 0.151. The van der Waals surface area contributed by atoms with Crippen LogP contribution in [0.25, 0.3) is 0 Å². The van der Waals surface area contributed by atoms with Crippen LogP contribution in [-0.4, -0.2) is 19.0 Å². The van der Waals surface area contributed by atoms with Crippen molar-refractivity contribution in [2.24, 2.45) is 0 Å². The highest BCUT2D eigenvalue weighted by molar-refractivity contribution is 7.80. The van der Waals surface area contributed by atoms with Crippen molar-refractivity contribution in [3.05, 3.63) is 66.2 Å². The Balaban J connectivity index is 2.12. The van der Waals surface area contributed by atoms with Gasteiger partial charge in [-0.2, -0.15) is 0 Å². The van der Waals surface area contributed by atoms with E-state index in [1.54, 1.807) is 7.11 Å². The van der Waals surface area contributed by atoms with Gasteiger partial charge in [-0.15, -0.1) is 0 Å². The fourth-order valence-electron chi connectivity index (χ4n) is 1.72. The number of para-hydroxylation sites is 1. The predicted molar refractivity (Wildman–Crippen MR) is 81.8 cm³/mol. The van der Waals surface area contributed by atoms with Crippen molar-refractivity contribution in [1.29, 1.82) is 0 Å². The molecule has 0 bridgehead atoms. The molecule has 0 aliphatic carbocycles. The fraction of sp³-hybridized carbons (Fsp3) is 0.188. The predicted octanol–water partition coefficient (Wildman–Crippen LogP) is 3.75. The van der Waals surface area contributed by atoms with Crippen LogP contribution in [-0.2, 0) is 9.47 Å². The Morgan fingerprint density at radius 2 is 1.60 bits per heavy atom. The molecule has 0 heterocycles. The van der Waals surface area contributed by atoms with Gasteiger partial charge in [0, 0.05) is 7.11 Å². The molecule has 20 heavy (non-hydrogen) atoms. The van der Waals surface area contributed by atoms with E-state index in [1.807, 2.05) is 60.7 Å². The quantitative estimate of drug-likeness (QED) is 0.597. The molecule has 0 spiro atoms. The minimum atomic E-state index is -0.439. The Morgan fingerprint density at radius 1 is 1.00 bits per heavy atom. The van der Waals surface area contributed by atoms with E-state index in [0.717, 1.165) is 5.56 Å². The first-order valence-electron chi connectivity index (χ1n) is 6.23. The summed E-state index contributed by atoms with van der Waals surface area (Å²) in [5.74, 6) is 0.694. The van der Waals surface area contributed by atoms with Gasteiger partial charge in [-0.1, -0.05) is 48.5 Å². The molecule has 1 atom stereocenters. The van der Waals surface area contributed by atoms with Crippen LogP contribution >= 0.6 is 12.2 Å². The van der Waals surface area contributed by atoms with Crippen molar-refractivity contribution in [2.45, 2.75) is 6.10 Å². The summed E-state index contributed by atoms with van der Waals surface area (Å²) in [6, 6.07) is 19.1. The van der Waals surface area contributed by atoms with E-state index in [0.29, 0.717) is 10.8 Å². The van der Waals surface area contributed by atoms with Crippen LogP contribution in [0.1, 0.15) is 11.7 Å². The highest BCUT2D eigenvalue weighted by atomic mass is 32.1. The molecule has 2 aromatic carbocycles. The molecule has 2 aromatic rings. The maximum Gasteiger partial charge on any atom is 0.200 e. The number of rotatable bonds is 6. The van der Waals surface area contributed by atoms with Gasteiger partial charge >= 0.3 is 0 Å². The van der Waals surface area contributed by atoms with E-state index in [-0.39, 0.29) is 6.79 Å². The monoisotopic (exact) mass is 288 g/mol. The molecule has 0 amide bonds. The molecular formula is C16H16O3S. The summed E-state index contributed by atoms with van der Waals surface area (Å²) in [5, 5.41) is 0.361. The Bertz CT molecular complexity index is 528. The van der Waals surface area contributed by atoms with Crippen molar-refractivity contribution in [2.75, 3.05) is 13.9 Å². The van der Waals surface area contributed by atoms with Crippen LogP contribution in [0, 0.1) is 0 Å².